The second kappa shape index (κ2) is 9.17. The topological polar surface area (TPSA) is 97.9 Å². The van der Waals surface area contributed by atoms with Gasteiger partial charge in [0.05, 0.1) is 22.6 Å². The molecule has 1 aromatic heterocycles. The predicted molar refractivity (Wildman–Crippen MR) is 127 cm³/mol. The Morgan fingerprint density at radius 3 is 2.44 bits per heavy atom. The van der Waals surface area contributed by atoms with Crippen molar-refractivity contribution in [2.24, 2.45) is 4.99 Å². The van der Waals surface area contributed by atoms with E-state index in [0.29, 0.717) is 27.2 Å². The number of para-hydroxylation sites is 1. The molecular weight excluding hydrogens is 450 g/mol. The summed E-state index contributed by atoms with van der Waals surface area (Å²) in [6.07, 6.45) is 1.52. The van der Waals surface area contributed by atoms with Crippen molar-refractivity contribution in [1.29, 1.82) is 0 Å². The van der Waals surface area contributed by atoms with E-state index < -0.39 is 4.92 Å². The number of thiazole rings is 1. The number of benzene rings is 3. The smallest absolute Gasteiger partial charge is 0.269 e. The SMILES string of the molecule is COc1cccc(/C=N/c2nc(-c3ccc(Cl)cc3)c(-c3ccc([N+](=O)[O-])cc3)s2)c1O. The Hall–Kier alpha value is -3.75. The molecule has 0 aliphatic rings. The number of rotatable bonds is 6. The van der Waals surface area contributed by atoms with Crippen molar-refractivity contribution < 1.29 is 14.8 Å². The van der Waals surface area contributed by atoms with Crippen molar-refractivity contribution in [2.75, 3.05) is 7.11 Å². The number of phenolic OH excluding ortho intramolecular Hbond substituents is 1. The number of aliphatic imine (C=N–C) groups is 1. The van der Waals surface area contributed by atoms with Crippen molar-refractivity contribution >= 4 is 40.0 Å². The lowest BCUT2D eigenvalue weighted by atomic mass is 10.1. The van der Waals surface area contributed by atoms with E-state index in [1.54, 1.807) is 42.5 Å². The molecule has 9 heteroatoms. The molecule has 0 fully saturated rings. The van der Waals surface area contributed by atoms with Crippen molar-refractivity contribution in [3.8, 4) is 33.2 Å². The number of aromatic hydroxyl groups is 1. The minimum Gasteiger partial charge on any atom is -0.504 e. The summed E-state index contributed by atoms with van der Waals surface area (Å²) >= 11 is 7.36. The standard InChI is InChI=1S/C23H16ClN3O4S/c1-31-19-4-2-3-16(21(19)28)13-25-23-26-20(14-5-9-17(24)10-6-14)22(32-23)15-7-11-18(12-8-15)27(29)30/h2-13,28H,1H3/b25-13+. The van der Waals surface area contributed by atoms with Crippen LogP contribution in [0.1, 0.15) is 5.56 Å². The summed E-state index contributed by atoms with van der Waals surface area (Å²) in [7, 11) is 1.48. The number of methoxy groups -OCH3 is 1. The third kappa shape index (κ3) is 4.46. The zero-order valence-corrected chi connectivity index (χ0v) is 18.3. The molecule has 0 spiro atoms. The van der Waals surface area contributed by atoms with Crippen molar-refractivity contribution in [1.82, 2.24) is 4.98 Å². The van der Waals surface area contributed by atoms with Gasteiger partial charge in [-0.2, -0.15) is 0 Å². The number of ether oxygens (including phenoxy) is 1. The van der Waals surface area contributed by atoms with Gasteiger partial charge in [-0.25, -0.2) is 9.98 Å². The Morgan fingerprint density at radius 1 is 1.09 bits per heavy atom. The van der Waals surface area contributed by atoms with Gasteiger partial charge in [-0.05, 0) is 42.0 Å². The highest BCUT2D eigenvalue weighted by Crippen LogP contribution is 2.41. The van der Waals surface area contributed by atoms with Gasteiger partial charge in [0.2, 0.25) is 5.13 Å². The highest BCUT2D eigenvalue weighted by molar-refractivity contribution is 7.19. The van der Waals surface area contributed by atoms with Crippen molar-refractivity contribution in [2.45, 2.75) is 0 Å². The summed E-state index contributed by atoms with van der Waals surface area (Å²) in [5, 5.41) is 22.3. The fourth-order valence-corrected chi connectivity index (χ4v) is 4.10. The Balaban J connectivity index is 1.77. The maximum Gasteiger partial charge on any atom is 0.269 e. The van der Waals surface area contributed by atoms with Gasteiger partial charge in [0.25, 0.3) is 5.69 Å². The Labute approximate surface area is 192 Å². The second-order valence-electron chi connectivity index (χ2n) is 6.64. The number of hydrogen-bond acceptors (Lipinski definition) is 7. The van der Waals surface area contributed by atoms with Crippen LogP contribution < -0.4 is 4.74 Å². The first-order valence-electron chi connectivity index (χ1n) is 9.38. The average Bonchev–Trinajstić information content (AvgIpc) is 3.23. The molecule has 0 aliphatic carbocycles. The number of phenols is 1. The third-order valence-electron chi connectivity index (χ3n) is 4.64. The summed E-state index contributed by atoms with van der Waals surface area (Å²) in [5.41, 5.74) is 2.80. The minimum absolute atomic E-state index is 0.0103. The average molecular weight is 466 g/mol. The van der Waals surface area contributed by atoms with E-state index in [-0.39, 0.29) is 11.4 Å². The van der Waals surface area contributed by atoms with E-state index in [1.165, 1.54) is 36.8 Å². The largest absolute Gasteiger partial charge is 0.504 e. The molecule has 1 heterocycles. The third-order valence-corrected chi connectivity index (χ3v) is 5.90. The quantitative estimate of drug-likeness (QED) is 0.199. The zero-order valence-electron chi connectivity index (χ0n) is 16.7. The minimum atomic E-state index is -0.438. The number of nitro groups is 1. The summed E-state index contributed by atoms with van der Waals surface area (Å²) < 4.78 is 5.13. The lowest BCUT2D eigenvalue weighted by Gasteiger charge is -2.04. The second-order valence-corrected chi connectivity index (χ2v) is 8.06. The molecule has 1 N–H and O–H groups in total. The van der Waals surface area contributed by atoms with E-state index in [1.807, 2.05) is 12.1 Å². The first-order valence-corrected chi connectivity index (χ1v) is 10.6. The van der Waals surface area contributed by atoms with Crippen LogP contribution in [0.3, 0.4) is 0 Å². The Bertz CT molecular complexity index is 1300. The number of non-ortho nitro benzene ring substituents is 1. The van der Waals surface area contributed by atoms with Crippen LogP contribution in [0.2, 0.25) is 5.02 Å². The fraction of sp³-hybridized carbons (Fsp3) is 0.0435. The van der Waals surface area contributed by atoms with Crippen LogP contribution in [-0.2, 0) is 0 Å². The van der Waals surface area contributed by atoms with Gasteiger partial charge >= 0.3 is 0 Å². The van der Waals surface area contributed by atoms with E-state index in [4.69, 9.17) is 16.3 Å². The normalized spacial score (nSPS) is 11.1. The molecule has 32 heavy (non-hydrogen) atoms. The molecule has 0 saturated carbocycles. The maximum absolute atomic E-state index is 11.0. The molecule has 4 aromatic rings. The number of halogens is 1. The first-order chi connectivity index (χ1) is 15.5. The molecule has 0 aliphatic heterocycles. The van der Waals surface area contributed by atoms with Crippen LogP contribution in [0.25, 0.3) is 21.7 Å². The molecule has 0 radical (unpaired) electrons. The summed E-state index contributed by atoms with van der Waals surface area (Å²) in [5.74, 6) is 0.338. The zero-order chi connectivity index (χ0) is 22.7. The van der Waals surface area contributed by atoms with Crippen molar-refractivity contribution in [3.63, 3.8) is 0 Å². The predicted octanol–water partition coefficient (Wildman–Crippen LogP) is 6.50. The lowest BCUT2D eigenvalue weighted by molar-refractivity contribution is -0.384. The van der Waals surface area contributed by atoms with Crippen LogP contribution in [0, 0.1) is 10.1 Å². The van der Waals surface area contributed by atoms with Crippen LogP contribution in [0.15, 0.2) is 71.7 Å². The molecule has 0 bridgehead atoms. The summed E-state index contributed by atoms with van der Waals surface area (Å²) in [6, 6.07) is 18.7. The molecule has 4 rings (SSSR count). The van der Waals surface area contributed by atoms with Crippen LogP contribution in [0.4, 0.5) is 10.8 Å². The Kier molecular flexibility index (Phi) is 6.16. The van der Waals surface area contributed by atoms with Crippen LogP contribution in [0.5, 0.6) is 11.5 Å². The number of nitro benzene ring substituents is 1. The van der Waals surface area contributed by atoms with Gasteiger partial charge in [-0.3, -0.25) is 10.1 Å². The summed E-state index contributed by atoms with van der Waals surface area (Å²) in [4.78, 5) is 20.5. The molecule has 0 amide bonds. The van der Waals surface area contributed by atoms with E-state index in [9.17, 15) is 15.2 Å². The lowest BCUT2D eigenvalue weighted by Crippen LogP contribution is -1.88. The van der Waals surface area contributed by atoms with Crippen LogP contribution in [-0.4, -0.2) is 28.3 Å². The maximum atomic E-state index is 11.0. The molecule has 0 atom stereocenters. The number of nitrogens with zero attached hydrogens (tertiary/aromatic N) is 3. The van der Waals surface area contributed by atoms with Gasteiger partial charge in [0.1, 0.15) is 0 Å². The van der Waals surface area contributed by atoms with Gasteiger partial charge in [0.15, 0.2) is 11.5 Å². The number of aromatic nitrogens is 1. The van der Waals surface area contributed by atoms with Gasteiger partial charge in [-0.15, -0.1) is 0 Å². The van der Waals surface area contributed by atoms with E-state index in [2.05, 4.69) is 9.98 Å². The van der Waals surface area contributed by atoms with Crippen LogP contribution >= 0.6 is 22.9 Å². The first kappa shape index (κ1) is 21.5. The molecular formula is C23H16ClN3O4S. The fourth-order valence-electron chi connectivity index (χ4n) is 3.03. The molecule has 0 saturated heterocycles. The number of hydrogen-bond donors (Lipinski definition) is 1. The molecule has 3 aromatic carbocycles. The van der Waals surface area contributed by atoms with E-state index >= 15 is 0 Å². The van der Waals surface area contributed by atoms with Gasteiger partial charge in [-0.1, -0.05) is 41.1 Å². The highest BCUT2D eigenvalue weighted by atomic mass is 35.5. The van der Waals surface area contributed by atoms with E-state index in [0.717, 1.165) is 16.0 Å². The van der Waals surface area contributed by atoms with Gasteiger partial charge < -0.3 is 9.84 Å². The molecule has 7 nitrogen and oxygen atoms in total. The van der Waals surface area contributed by atoms with Crippen molar-refractivity contribution in [3.05, 3.63) is 87.4 Å². The molecule has 160 valence electrons. The monoisotopic (exact) mass is 465 g/mol. The Morgan fingerprint density at radius 2 is 1.78 bits per heavy atom. The van der Waals surface area contributed by atoms with Gasteiger partial charge in [0, 0.05) is 34.5 Å². The summed E-state index contributed by atoms with van der Waals surface area (Å²) in [6.45, 7) is 0. The molecule has 0 unspecified atom stereocenters. The highest BCUT2D eigenvalue weighted by Gasteiger charge is 2.16.